The normalized spacial score (nSPS) is 11.4. The Kier molecular flexibility index (Phi) is 3.90. The van der Waals surface area contributed by atoms with E-state index in [1.165, 1.54) is 6.07 Å². The van der Waals surface area contributed by atoms with Gasteiger partial charge in [-0.15, -0.1) is 0 Å². The van der Waals surface area contributed by atoms with E-state index in [0.29, 0.717) is 0 Å². The zero-order valence-electron chi connectivity index (χ0n) is 13.6. The largest absolute Gasteiger partial charge is 0.319 e. The number of hydrogen-bond acceptors (Lipinski definition) is 1. The van der Waals surface area contributed by atoms with Gasteiger partial charge in [0.2, 0.25) is 0 Å². The maximum atomic E-state index is 14.1. The first kappa shape index (κ1) is 15.3. The summed E-state index contributed by atoms with van der Waals surface area (Å²) in [6, 6.07) is 27.0. The predicted octanol–water partition coefficient (Wildman–Crippen LogP) is 4.86. The van der Waals surface area contributed by atoms with E-state index >= 15 is 0 Å². The lowest BCUT2D eigenvalue weighted by atomic mass is 9.76. The van der Waals surface area contributed by atoms with Gasteiger partial charge in [-0.25, -0.2) is 9.37 Å². The molecule has 0 atom stereocenters. The van der Waals surface area contributed by atoms with Crippen LogP contribution in [0.25, 0.3) is 0 Å². The van der Waals surface area contributed by atoms with Crippen LogP contribution in [0, 0.1) is 5.82 Å². The molecule has 0 aliphatic rings. The van der Waals surface area contributed by atoms with E-state index in [-0.39, 0.29) is 5.82 Å². The Morgan fingerprint density at radius 3 is 1.84 bits per heavy atom. The molecule has 0 amide bonds. The van der Waals surface area contributed by atoms with Gasteiger partial charge in [0.1, 0.15) is 11.4 Å². The van der Waals surface area contributed by atoms with Crippen LogP contribution >= 0.6 is 0 Å². The number of aromatic nitrogens is 2. The first-order valence-electron chi connectivity index (χ1n) is 8.17. The first-order valence-corrected chi connectivity index (χ1v) is 8.17. The highest BCUT2D eigenvalue weighted by molar-refractivity contribution is 5.50. The number of hydrogen-bond donors (Lipinski definition) is 0. The molecule has 25 heavy (non-hydrogen) atoms. The van der Waals surface area contributed by atoms with E-state index in [2.05, 4.69) is 29.2 Å². The zero-order chi connectivity index (χ0) is 17.1. The highest BCUT2D eigenvalue weighted by Crippen LogP contribution is 2.40. The third-order valence-electron chi connectivity index (χ3n) is 4.52. The molecule has 4 aromatic rings. The number of imidazole rings is 1. The average molecular weight is 328 g/mol. The maximum absolute atomic E-state index is 14.1. The van der Waals surface area contributed by atoms with Crippen molar-refractivity contribution in [1.82, 2.24) is 9.55 Å². The van der Waals surface area contributed by atoms with Crippen molar-refractivity contribution < 1.29 is 4.39 Å². The Bertz CT molecular complexity index is 908. The van der Waals surface area contributed by atoms with E-state index in [1.807, 2.05) is 53.2 Å². The monoisotopic (exact) mass is 328 g/mol. The number of nitrogens with zero attached hydrogens (tertiary/aromatic N) is 2. The van der Waals surface area contributed by atoms with Gasteiger partial charge in [0.25, 0.3) is 0 Å². The summed E-state index contributed by atoms with van der Waals surface area (Å²) >= 11 is 0. The molecule has 0 aliphatic heterocycles. The molecule has 3 heteroatoms. The van der Waals surface area contributed by atoms with Crippen molar-refractivity contribution in [3.8, 4) is 0 Å². The fraction of sp³-hybridized carbons (Fsp3) is 0.0455. The fourth-order valence-corrected chi connectivity index (χ4v) is 3.48. The van der Waals surface area contributed by atoms with Crippen molar-refractivity contribution in [3.05, 3.63) is 126 Å². The lowest BCUT2D eigenvalue weighted by Crippen LogP contribution is -2.37. The van der Waals surface area contributed by atoms with Gasteiger partial charge in [0.15, 0.2) is 0 Å². The van der Waals surface area contributed by atoms with Crippen LogP contribution < -0.4 is 0 Å². The van der Waals surface area contributed by atoms with E-state index in [4.69, 9.17) is 0 Å². The van der Waals surface area contributed by atoms with Gasteiger partial charge in [-0.2, -0.15) is 0 Å². The third-order valence-corrected chi connectivity index (χ3v) is 4.52. The minimum absolute atomic E-state index is 0.256. The molecule has 0 fully saturated rings. The van der Waals surface area contributed by atoms with Gasteiger partial charge in [-0.05, 0) is 28.8 Å². The predicted molar refractivity (Wildman–Crippen MR) is 96.8 cm³/mol. The Morgan fingerprint density at radius 1 is 0.720 bits per heavy atom. The summed E-state index contributed by atoms with van der Waals surface area (Å²) in [7, 11) is 0. The Balaban J connectivity index is 2.13. The van der Waals surface area contributed by atoms with E-state index in [9.17, 15) is 4.39 Å². The second-order valence-electron chi connectivity index (χ2n) is 5.92. The van der Waals surface area contributed by atoms with E-state index < -0.39 is 5.54 Å². The van der Waals surface area contributed by atoms with E-state index in [0.717, 1.165) is 16.7 Å². The maximum Gasteiger partial charge on any atom is 0.123 e. The molecule has 2 nitrogen and oxygen atoms in total. The summed E-state index contributed by atoms with van der Waals surface area (Å²) in [4.78, 5) is 4.26. The summed E-state index contributed by atoms with van der Waals surface area (Å²) in [5.74, 6) is -0.256. The molecule has 0 spiro atoms. The Morgan fingerprint density at radius 2 is 1.32 bits per heavy atom. The molecule has 122 valence electrons. The highest BCUT2D eigenvalue weighted by Gasteiger charge is 2.38. The van der Waals surface area contributed by atoms with E-state index in [1.54, 1.807) is 24.7 Å². The summed E-state index contributed by atoms with van der Waals surface area (Å²) in [5, 5.41) is 0. The molecule has 0 aliphatic carbocycles. The first-order chi connectivity index (χ1) is 12.3. The molecule has 0 saturated heterocycles. The molecule has 3 aromatic carbocycles. The average Bonchev–Trinajstić information content (AvgIpc) is 3.19. The Labute approximate surface area is 146 Å². The second-order valence-corrected chi connectivity index (χ2v) is 5.92. The van der Waals surface area contributed by atoms with Crippen LogP contribution in [0.1, 0.15) is 16.7 Å². The van der Waals surface area contributed by atoms with Crippen LogP contribution in [0.4, 0.5) is 4.39 Å². The molecule has 0 bridgehead atoms. The van der Waals surface area contributed by atoms with Gasteiger partial charge < -0.3 is 4.57 Å². The summed E-state index contributed by atoms with van der Waals surface area (Å²) < 4.78 is 16.2. The molecule has 1 heterocycles. The van der Waals surface area contributed by atoms with Gasteiger partial charge in [-0.3, -0.25) is 0 Å². The molecular weight excluding hydrogens is 311 g/mol. The van der Waals surface area contributed by atoms with Crippen LogP contribution in [0.15, 0.2) is 104 Å². The topological polar surface area (TPSA) is 17.8 Å². The van der Waals surface area contributed by atoms with Crippen molar-refractivity contribution in [2.24, 2.45) is 0 Å². The van der Waals surface area contributed by atoms with Crippen molar-refractivity contribution >= 4 is 0 Å². The molecule has 0 saturated carbocycles. The van der Waals surface area contributed by atoms with Crippen LogP contribution in [0.5, 0.6) is 0 Å². The van der Waals surface area contributed by atoms with Crippen molar-refractivity contribution in [2.45, 2.75) is 5.54 Å². The molecule has 0 unspecified atom stereocenters. The molecule has 0 radical (unpaired) electrons. The summed E-state index contributed by atoms with van der Waals surface area (Å²) in [6.45, 7) is 0. The number of benzene rings is 3. The smallest absolute Gasteiger partial charge is 0.123 e. The number of rotatable bonds is 4. The van der Waals surface area contributed by atoms with Gasteiger partial charge >= 0.3 is 0 Å². The fourth-order valence-electron chi connectivity index (χ4n) is 3.48. The van der Waals surface area contributed by atoms with Crippen molar-refractivity contribution in [3.63, 3.8) is 0 Å². The SMILES string of the molecule is Fc1cccc(C(c2ccccc2)(c2ccccc2)n2ccnc2)c1. The second kappa shape index (κ2) is 6.36. The van der Waals surface area contributed by atoms with Gasteiger partial charge in [-0.1, -0.05) is 72.8 Å². The third kappa shape index (κ3) is 2.54. The molecule has 0 N–H and O–H groups in total. The van der Waals surface area contributed by atoms with Crippen molar-refractivity contribution in [2.75, 3.05) is 0 Å². The zero-order valence-corrected chi connectivity index (χ0v) is 13.6. The van der Waals surface area contributed by atoms with Crippen molar-refractivity contribution in [1.29, 1.82) is 0 Å². The number of halogens is 1. The van der Waals surface area contributed by atoms with Crippen LogP contribution in [-0.4, -0.2) is 9.55 Å². The molecule has 4 rings (SSSR count). The Hall–Kier alpha value is -3.20. The highest BCUT2D eigenvalue weighted by atomic mass is 19.1. The quantitative estimate of drug-likeness (QED) is 0.489. The van der Waals surface area contributed by atoms with Crippen LogP contribution in [0.2, 0.25) is 0 Å². The van der Waals surface area contributed by atoms with Gasteiger partial charge in [0, 0.05) is 12.4 Å². The standard InChI is InChI=1S/C22H17FN2/c23-21-13-7-12-20(16-21)22(25-15-14-24-17-25,18-8-3-1-4-9-18)19-10-5-2-6-11-19/h1-17H. The molecular formula is C22H17FN2. The lowest BCUT2D eigenvalue weighted by Gasteiger charge is -2.37. The minimum Gasteiger partial charge on any atom is -0.319 e. The molecule has 1 aromatic heterocycles. The van der Waals surface area contributed by atoms with Gasteiger partial charge in [0.05, 0.1) is 6.33 Å². The summed E-state index contributed by atoms with van der Waals surface area (Å²) in [6.07, 6.45) is 5.45. The summed E-state index contributed by atoms with van der Waals surface area (Å²) in [5.41, 5.74) is 2.25. The minimum atomic E-state index is -0.693. The lowest BCUT2D eigenvalue weighted by molar-refractivity contribution is 0.509. The van der Waals surface area contributed by atoms with Crippen LogP contribution in [-0.2, 0) is 5.54 Å². The van der Waals surface area contributed by atoms with Crippen LogP contribution in [0.3, 0.4) is 0 Å².